The molecule has 3 N–H and O–H groups in total. The summed E-state index contributed by atoms with van der Waals surface area (Å²) >= 11 is 0. The van der Waals surface area contributed by atoms with Gasteiger partial charge in [0, 0.05) is 6.54 Å². The molecule has 0 aromatic carbocycles. The predicted molar refractivity (Wildman–Crippen MR) is 103 cm³/mol. The Bertz CT molecular complexity index is 367. The van der Waals surface area contributed by atoms with Crippen LogP contribution in [0, 0.1) is 0 Å². The van der Waals surface area contributed by atoms with Crippen LogP contribution in [-0.4, -0.2) is 61.9 Å². The van der Waals surface area contributed by atoms with Crippen LogP contribution in [-0.2, 0) is 4.79 Å². The number of hydrogen-bond acceptors (Lipinski definition) is 2. The molecule has 0 rings (SSSR count). The maximum atomic E-state index is 11.9. The number of carboxylic acids is 1. The van der Waals surface area contributed by atoms with E-state index >= 15 is 0 Å². The first-order chi connectivity index (χ1) is 11.7. The van der Waals surface area contributed by atoms with Gasteiger partial charge in [0.05, 0.1) is 40.2 Å². The lowest BCUT2D eigenvalue weighted by molar-refractivity contribution is -0.871. The van der Waals surface area contributed by atoms with E-state index in [0.29, 0.717) is 17.6 Å². The molecule has 0 saturated heterocycles. The van der Waals surface area contributed by atoms with Crippen LogP contribution in [0.5, 0.6) is 0 Å². The molecule has 6 heteroatoms. The number of rotatable bonds is 15. The highest BCUT2D eigenvalue weighted by atomic mass is 16.4. The maximum Gasteiger partial charge on any atom is 0.315 e. The number of urea groups is 1. The fourth-order valence-electron chi connectivity index (χ4n) is 2.91. The van der Waals surface area contributed by atoms with Crippen molar-refractivity contribution in [1.29, 1.82) is 0 Å². The molecule has 25 heavy (non-hydrogen) atoms. The van der Waals surface area contributed by atoms with Gasteiger partial charge < -0.3 is 20.2 Å². The predicted octanol–water partition coefficient (Wildman–Crippen LogP) is 3.37. The Morgan fingerprint density at radius 3 is 1.92 bits per heavy atom. The Morgan fingerprint density at radius 2 is 1.44 bits per heavy atom. The molecule has 0 radical (unpaired) electrons. The number of hydrogen-bond donors (Lipinski definition) is 3. The van der Waals surface area contributed by atoms with Crippen LogP contribution in [0.15, 0.2) is 0 Å². The minimum atomic E-state index is -0.891. The zero-order valence-electron chi connectivity index (χ0n) is 16.8. The normalized spacial score (nSPS) is 12.6. The van der Waals surface area contributed by atoms with Crippen LogP contribution in [0.4, 0.5) is 4.79 Å². The highest BCUT2D eigenvalue weighted by molar-refractivity contribution is 5.75. The van der Waals surface area contributed by atoms with Crippen molar-refractivity contribution in [3.8, 4) is 0 Å². The van der Waals surface area contributed by atoms with Crippen LogP contribution in [0.2, 0.25) is 0 Å². The van der Waals surface area contributed by atoms with Crippen molar-refractivity contribution in [3.05, 3.63) is 0 Å². The number of aliphatic carboxylic acids is 1. The van der Waals surface area contributed by atoms with Crippen molar-refractivity contribution in [2.75, 3.05) is 34.2 Å². The molecule has 0 bridgehead atoms. The summed E-state index contributed by atoms with van der Waals surface area (Å²) in [6, 6.07) is -0.625. The van der Waals surface area contributed by atoms with Gasteiger partial charge in [0.2, 0.25) is 0 Å². The van der Waals surface area contributed by atoms with E-state index in [1.807, 2.05) is 21.1 Å². The van der Waals surface area contributed by atoms with Gasteiger partial charge in [-0.25, -0.2) is 4.79 Å². The van der Waals surface area contributed by atoms with E-state index in [2.05, 4.69) is 17.6 Å². The second-order valence-corrected chi connectivity index (χ2v) is 8.00. The SMILES string of the molecule is CCCCCCCCCCCNC(=O)N[C@H](CC(=O)O)C[N+](C)(C)C. The van der Waals surface area contributed by atoms with Gasteiger partial charge in [-0.05, 0) is 6.42 Å². The summed E-state index contributed by atoms with van der Waals surface area (Å²) in [5, 5.41) is 14.6. The van der Waals surface area contributed by atoms with Crippen LogP contribution in [0.1, 0.15) is 71.1 Å². The third kappa shape index (κ3) is 17.3. The minimum absolute atomic E-state index is 0.0546. The number of quaternary nitrogens is 1. The molecular formula is C19H40N3O3+. The summed E-state index contributed by atoms with van der Waals surface area (Å²) in [4.78, 5) is 22.9. The third-order valence-electron chi connectivity index (χ3n) is 4.09. The van der Waals surface area contributed by atoms with Gasteiger partial charge in [0.1, 0.15) is 0 Å². The van der Waals surface area contributed by atoms with E-state index in [-0.39, 0.29) is 18.5 Å². The van der Waals surface area contributed by atoms with Gasteiger partial charge in [-0.1, -0.05) is 58.3 Å². The Morgan fingerprint density at radius 1 is 0.920 bits per heavy atom. The van der Waals surface area contributed by atoms with Crippen molar-refractivity contribution in [1.82, 2.24) is 10.6 Å². The number of unbranched alkanes of at least 4 members (excludes halogenated alkanes) is 8. The van der Waals surface area contributed by atoms with Crippen molar-refractivity contribution < 1.29 is 19.2 Å². The number of carboxylic acid groups (broad SMARTS) is 1. The number of carbonyl (C=O) groups is 2. The highest BCUT2D eigenvalue weighted by Crippen LogP contribution is 2.09. The first-order valence-corrected chi connectivity index (χ1v) is 9.81. The molecule has 0 fully saturated rings. The van der Waals surface area contributed by atoms with Crippen LogP contribution in [0.3, 0.4) is 0 Å². The van der Waals surface area contributed by atoms with Crippen molar-refractivity contribution in [3.63, 3.8) is 0 Å². The van der Waals surface area contributed by atoms with E-state index in [1.54, 1.807) is 0 Å². The summed E-state index contributed by atoms with van der Waals surface area (Å²) in [5.74, 6) is -0.891. The van der Waals surface area contributed by atoms with Crippen LogP contribution < -0.4 is 10.6 Å². The summed E-state index contributed by atoms with van der Waals surface area (Å²) < 4.78 is 0.608. The van der Waals surface area contributed by atoms with Crippen molar-refractivity contribution >= 4 is 12.0 Å². The molecule has 148 valence electrons. The molecule has 0 aliphatic rings. The van der Waals surface area contributed by atoms with Crippen molar-refractivity contribution in [2.24, 2.45) is 0 Å². The molecule has 2 amide bonds. The van der Waals surface area contributed by atoms with E-state index in [1.165, 1.54) is 44.9 Å². The number of nitrogens with one attached hydrogen (secondary N) is 2. The molecule has 1 atom stereocenters. The lowest BCUT2D eigenvalue weighted by Gasteiger charge is -2.29. The first-order valence-electron chi connectivity index (χ1n) is 9.81. The molecule has 0 aliphatic heterocycles. The van der Waals surface area contributed by atoms with E-state index < -0.39 is 5.97 Å². The monoisotopic (exact) mass is 358 g/mol. The first kappa shape index (κ1) is 23.7. The zero-order chi connectivity index (χ0) is 19.1. The highest BCUT2D eigenvalue weighted by Gasteiger charge is 2.22. The molecule has 0 heterocycles. The second kappa shape index (κ2) is 13.9. The Labute approximate surface area is 153 Å². The van der Waals surface area contributed by atoms with Gasteiger partial charge in [0.15, 0.2) is 0 Å². The number of carbonyl (C=O) groups excluding carboxylic acids is 1. The van der Waals surface area contributed by atoms with Gasteiger partial charge in [-0.15, -0.1) is 0 Å². The summed E-state index contributed by atoms with van der Waals surface area (Å²) in [7, 11) is 5.95. The largest absolute Gasteiger partial charge is 0.481 e. The van der Waals surface area contributed by atoms with Gasteiger partial charge in [-0.2, -0.15) is 0 Å². The van der Waals surface area contributed by atoms with E-state index in [4.69, 9.17) is 5.11 Å². The molecule has 0 saturated carbocycles. The lowest BCUT2D eigenvalue weighted by atomic mass is 10.1. The molecule has 0 aromatic heterocycles. The average Bonchev–Trinajstić information content (AvgIpc) is 2.46. The van der Waals surface area contributed by atoms with Gasteiger partial charge in [-0.3, -0.25) is 4.79 Å². The van der Waals surface area contributed by atoms with E-state index in [9.17, 15) is 9.59 Å². The standard InChI is InChI=1S/C19H39N3O3/c1-5-6-7-8-9-10-11-12-13-14-20-19(25)21-17(15-18(23)24)16-22(2,3)4/h17H,5-16H2,1-4H3,(H2-,20,21,23,24,25)/p+1/t17-/m1/s1. The van der Waals surface area contributed by atoms with E-state index in [0.717, 1.165) is 12.8 Å². The number of amides is 2. The molecule has 6 nitrogen and oxygen atoms in total. The van der Waals surface area contributed by atoms with Crippen LogP contribution >= 0.6 is 0 Å². The smallest absolute Gasteiger partial charge is 0.315 e. The Balaban J connectivity index is 3.77. The Hall–Kier alpha value is -1.30. The molecular weight excluding hydrogens is 318 g/mol. The second-order valence-electron chi connectivity index (χ2n) is 8.00. The molecule has 0 unspecified atom stereocenters. The summed E-state index contributed by atoms with van der Waals surface area (Å²) in [5.41, 5.74) is 0. The fourth-order valence-corrected chi connectivity index (χ4v) is 2.91. The topological polar surface area (TPSA) is 78.4 Å². The number of likely N-dealkylation sites (N-methyl/N-ethyl adjacent to an activating group) is 1. The van der Waals surface area contributed by atoms with Gasteiger partial charge in [0.25, 0.3) is 0 Å². The van der Waals surface area contributed by atoms with Gasteiger partial charge >= 0.3 is 12.0 Å². The van der Waals surface area contributed by atoms with Crippen molar-refractivity contribution in [2.45, 2.75) is 77.2 Å². The summed E-state index contributed by atoms with van der Waals surface area (Å²) in [6.45, 7) is 3.46. The van der Waals surface area contributed by atoms with Crippen LogP contribution in [0.25, 0.3) is 0 Å². The molecule has 0 aromatic rings. The molecule has 0 spiro atoms. The quantitative estimate of drug-likeness (QED) is 0.310. The minimum Gasteiger partial charge on any atom is -0.481 e. The molecule has 0 aliphatic carbocycles. The average molecular weight is 359 g/mol. The fraction of sp³-hybridized carbons (Fsp3) is 0.895. The zero-order valence-corrected chi connectivity index (χ0v) is 16.8. The summed E-state index contributed by atoms with van der Waals surface area (Å²) in [6.07, 6.45) is 11.2. The number of nitrogens with zero attached hydrogens (tertiary/aromatic N) is 1. The maximum absolute atomic E-state index is 11.9. The third-order valence-corrected chi connectivity index (χ3v) is 4.09. The Kier molecular flexibility index (Phi) is 13.2. The lowest BCUT2D eigenvalue weighted by Crippen LogP contribution is -2.52.